The van der Waals surface area contributed by atoms with Crippen LogP contribution < -0.4 is 5.76 Å². The van der Waals surface area contributed by atoms with Gasteiger partial charge in [-0.05, 0) is 24.1 Å². The van der Waals surface area contributed by atoms with Crippen molar-refractivity contribution in [1.29, 1.82) is 5.26 Å². The predicted molar refractivity (Wildman–Crippen MR) is 68.7 cm³/mol. The first-order chi connectivity index (χ1) is 9.19. The van der Waals surface area contributed by atoms with E-state index in [1.165, 1.54) is 0 Å². The molecule has 1 aromatic carbocycles. The van der Waals surface area contributed by atoms with Gasteiger partial charge < -0.3 is 9.15 Å². The SMILES string of the molecule is CCC(C#N)C1(c2ccc3oc(=O)[nH]c3c2)COC1. The van der Waals surface area contributed by atoms with Crippen molar-refractivity contribution in [2.75, 3.05) is 13.2 Å². The van der Waals surface area contributed by atoms with Crippen molar-refractivity contribution in [3.05, 3.63) is 34.3 Å². The lowest BCUT2D eigenvalue weighted by Gasteiger charge is -2.44. The maximum atomic E-state index is 11.2. The zero-order valence-electron chi connectivity index (χ0n) is 10.6. The molecule has 3 rings (SSSR count). The van der Waals surface area contributed by atoms with E-state index in [-0.39, 0.29) is 11.3 Å². The summed E-state index contributed by atoms with van der Waals surface area (Å²) in [6.07, 6.45) is 0.778. The lowest BCUT2D eigenvalue weighted by atomic mass is 9.68. The maximum Gasteiger partial charge on any atom is 0.417 e. The molecular weight excluding hydrogens is 244 g/mol. The first-order valence-corrected chi connectivity index (χ1v) is 6.30. The number of aromatic nitrogens is 1. The summed E-state index contributed by atoms with van der Waals surface area (Å²) >= 11 is 0. The van der Waals surface area contributed by atoms with Gasteiger partial charge >= 0.3 is 5.76 Å². The standard InChI is InChI=1S/C14H14N2O3/c1-2-9(6-15)14(7-18-8-14)10-3-4-12-11(5-10)16-13(17)19-12/h3-5,9H,2,7-8H2,1H3,(H,16,17). The van der Waals surface area contributed by atoms with Crippen LogP contribution in [-0.2, 0) is 10.2 Å². The van der Waals surface area contributed by atoms with Gasteiger partial charge in [0.05, 0.1) is 36.1 Å². The lowest BCUT2D eigenvalue weighted by molar-refractivity contribution is -0.0804. The third-order valence-corrected chi connectivity index (χ3v) is 3.94. The number of benzene rings is 1. The molecule has 98 valence electrons. The van der Waals surface area contributed by atoms with Crippen LogP contribution in [-0.4, -0.2) is 18.2 Å². The molecule has 2 aromatic rings. The first-order valence-electron chi connectivity index (χ1n) is 6.30. The minimum atomic E-state index is -0.460. The van der Waals surface area contributed by atoms with Gasteiger partial charge in [0.1, 0.15) is 0 Å². The Morgan fingerprint density at radius 2 is 2.32 bits per heavy atom. The van der Waals surface area contributed by atoms with Crippen molar-refractivity contribution >= 4 is 11.1 Å². The summed E-state index contributed by atoms with van der Waals surface area (Å²) in [5, 5.41) is 9.32. The third-order valence-electron chi connectivity index (χ3n) is 3.94. The number of fused-ring (bicyclic) bond motifs is 1. The summed E-state index contributed by atoms with van der Waals surface area (Å²) in [6, 6.07) is 7.95. The largest absolute Gasteiger partial charge is 0.417 e. The van der Waals surface area contributed by atoms with Crippen LogP contribution in [0.1, 0.15) is 18.9 Å². The van der Waals surface area contributed by atoms with Crippen molar-refractivity contribution in [2.45, 2.75) is 18.8 Å². The molecule has 1 unspecified atom stereocenters. The number of rotatable bonds is 3. The second kappa shape index (κ2) is 4.25. The molecule has 0 saturated carbocycles. The molecule has 1 aromatic heterocycles. The minimum absolute atomic E-state index is 0.0858. The van der Waals surface area contributed by atoms with Crippen LogP contribution in [0, 0.1) is 17.2 Å². The van der Waals surface area contributed by atoms with Crippen LogP contribution >= 0.6 is 0 Å². The molecule has 1 aliphatic heterocycles. The van der Waals surface area contributed by atoms with Crippen molar-refractivity contribution in [1.82, 2.24) is 4.98 Å². The fraction of sp³-hybridized carbons (Fsp3) is 0.429. The van der Waals surface area contributed by atoms with E-state index < -0.39 is 5.76 Å². The Bertz CT molecular complexity index is 703. The van der Waals surface area contributed by atoms with E-state index in [9.17, 15) is 10.1 Å². The van der Waals surface area contributed by atoms with Crippen LogP contribution in [0.2, 0.25) is 0 Å². The Morgan fingerprint density at radius 3 is 2.89 bits per heavy atom. The molecule has 1 saturated heterocycles. The van der Waals surface area contributed by atoms with Crippen molar-refractivity contribution in [3.63, 3.8) is 0 Å². The van der Waals surface area contributed by atoms with Gasteiger partial charge in [-0.15, -0.1) is 0 Å². The van der Waals surface area contributed by atoms with Gasteiger partial charge in [0.2, 0.25) is 0 Å². The van der Waals surface area contributed by atoms with E-state index in [4.69, 9.17) is 9.15 Å². The highest BCUT2D eigenvalue weighted by Gasteiger charge is 2.46. The Kier molecular flexibility index (Phi) is 2.68. The van der Waals surface area contributed by atoms with Gasteiger partial charge in [-0.25, -0.2) is 4.79 Å². The molecule has 19 heavy (non-hydrogen) atoms. The van der Waals surface area contributed by atoms with E-state index in [2.05, 4.69) is 11.1 Å². The van der Waals surface area contributed by atoms with E-state index >= 15 is 0 Å². The van der Waals surface area contributed by atoms with Gasteiger partial charge in [0, 0.05) is 0 Å². The molecule has 5 nitrogen and oxygen atoms in total. The summed E-state index contributed by atoms with van der Waals surface area (Å²) in [5.74, 6) is -0.546. The van der Waals surface area contributed by atoms with E-state index in [0.29, 0.717) is 24.3 Å². The smallest absolute Gasteiger partial charge is 0.408 e. The molecular formula is C14H14N2O3. The highest BCUT2D eigenvalue weighted by molar-refractivity contribution is 5.73. The maximum absolute atomic E-state index is 11.2. The van der Waals surface area contributed by atoms with Crippen LogP contribution in [0.15, 0.2) is 27.4 Å². The number of aromatic amines is 1. The Balaban J connectivity index is 2.11. The number of nitrogens with one attached hydrogen (secondary N) is 1. The van der Waals surface area contributed by atoms with Crippen LogP contribution in [0.25, 0.3) is 11.1 Å². The average molecular weight is 258 g/mol. The summed E-state index contributed by atoms with van der Waals surface area (Å²) in [6.45, 7) is 3.10. The number of nitrogens with zero attached hydrogens (tertiary/aromatic N) is 1. The molecule has 1 N–H and O–H groups in total. The first kappa shape index (κ1) is 12.0. The van der Waals surface area contributed by atoms with Crippen LogP contribution in [0.5, 0.6) is 0 Å². The summed E-state index contributed by atoms with van der Waals surface area (Å²) in [7, 11) is 0. The van der Waals surface area contributed by atoms with Crippen molar-refractivity contribution < 1.29 is 9.15 Å². The molecule has 1 fully saturated rings. The molecule has 1 atom stereocenters. The number of ether oxygens (including phenoxy) is 1. The highest BCUT2D eigenvalue weighted by Crippen LogP contribution is 2.41. The Hall–Kier alpha value is -2.06. The van der Waals surface area contributed by atoms with Gasteiger partial charge in [0.15, 0.2) is 5.58 Å². The quantitative estimate of drug-likeness (QED) is 0.912. The highest BCUT2D eigenvalue weighted by atomic mass is 16.5. The molecule has 0 spiro atoms. The van der Waals surface area contributed by atoms with Crippen molar-refractivity contribution in [2.24, 2.45) is 5.92 Å². The topological polar surface area (TPSA) is 79.0 Å². The van der Waals surface area contributed by atoms with Gasteiger partial charge in [-0.2, -0.15) is 5.26 Å². The van der Waals surface area contributed by atoms with Gasteiger partial charge in [0.25, 0.3) is 0 Å². The third kappa shape index (κ3) is 1.68. The molecule has 0 amide bonds. The molecule has 5 heteroatoms. The fourth-order valence-corrected chi connectivity index (χ4v) is 2.76. The number of H-pyrrole nitrogens is 1. The Labute approximate surface area is 109 Å². The zero-order valence-corrected chi connectivity index (χ0v) is 10.6. The second-order valence-electron chi connectivity index (χ2n) is 4.96. The molecule has 1 aliphatic rings. The lowest BCUT2D eigenvalue weighted by Crippen LogP contribution is -2.51. The monoisotopic (exact) mass is 258 g/mol. The van der Waals surface area contributed by atoms with E-state index in [1.807, 2.05) is 19.1 Å². The summed E-state index contributed by atoms with van der Waals surface area (Å²) in [5.41, 5.74) is 1.97. The molecule has 2 heterocycles. The average Bonchev–Trinajstić information content (AvgIpc) is 2.72. The minimum Gasteiger partial charge on any atom is -0.408 e. The van der Waals surface area contributed by atoms with Gasteiger partial charge in [-0.1, -0.05) is 13.0 Å². The second-order valence-corrected chi connectivity index (χ2v) is 4.96. The predicted octanol–water partition coefficient (Wildman–Crippen LogP) is 1.94. The van der Waals surface area contributed by atoms with Crippen LogP contribution in [0.3, 0.4) is 0 Å². The summed E-state index contributed by atoms with van der Waals surface area (Å²) < 4.78 is 10.3. The number of oxazole rings is 1. The van der Waals surface area contributed by atoms with E-state index in [1.54, 1.807) is 6.07 Å². The van der Waals surface area contributed by atoms with E-state index in [0.717, 1.165) is 12.0 Å². The molecule has 0 bridgehead atoms. The number of hydrogen-bond acceptors (Lipinski definition) is 4. The normalized spacial score (nSPS) is 18.7. The molecule has 0 radical (unpaired) electrons. The fourth-order valence-electron chi connectivity index (χ4n) is 2.76. The Morgan fingerprint density at radius 1 is 1.53 bits per heavy atom. The number of hydrogen-bond donors (Lipinski definition) is 1. The summed E-state index contributed by atoms with van der Waals surface area (Å²) in [4.78, 5) is 13.8. The van der Waals surface area contributed by atoms with Gasteiger partial charge in [-0.3, -0.25) is 4.98 Å². The van der Waals surface area contributed by atoms with Crippen LogP contribution in [0.4, 0.5) is 0 Å². The van der Waals surface area contributed by atoms with Crippen molar-refractivity contribution in [3.8, 4) is 6.07 Å². The number of nitriles is 1. The molecule has 0 aliphatic carbocycles. The zero-order chi connectivity index (χ0) is 13.5.